The first-order valence-electron chi connectivity index (χ1n) is 8.87. The van der Waals surface area contributed by atoms with Gasteiger partial charge in [-0.15, -0.1) is 0 Å². The first kappa shape index (κ1) is 22.3. The number of benzene rings is 1. The molecule has 0 radical (unpaired) electrons. The van der Waals surface area contributed by atoms with E-state index >= 15 is 0 Å². The molecule has 0 saturated heterocycles. The number of halogens is 1. The second-order valence-electron chi connectivity index (χ2n) is 7.41. The third-order valence-electron chi connectivity index (χ3n) is 3.58. The van der Waals surface area contributed by atoms with Gasteiger partial charge in [0.25, 0.3) is 0 Å². The van der Waals surface area contributed by atoms with E-state index in [9.17, 15) is 4.79 Å². The maximum Gasteiger partial charge on any atom is 0.242 e. The number of likely N-dealkylation sites (N-methyl/N-ethyl adjacent to an activating group) is 1. The molecule has 1 unspecified atom stereocenters. The van der Waals surface area contributed by atoms with Crippen LogP contribution in [0.15, 0.2) is 29.3 Å². The van der Waals surface area contributed by atoms with Gasteiger partial charge >= 0.3 is 0 Å². The standard InChI is InChI=1S/C19H32ClN5O/c1-7-21-18(23-13-17(26)24-19(2,3)4)22-12-16(25(5)6)14-8-10-15(20)11-9-14/h8-11,16H,7,12-13H2,1-6H3,(H,24,26)(H2,21,22,23). The molecule has 1 aromatic carbocycles. The van der Waals surface area contributed by atoms with E-state index in [0.717, 1.165) is 17.1 Å². The number of carbonyl (C=O) groups is 1. The van der Waals surface area contributed by atoms with Crippen molar-refractivity contribution in [3.63, 3.8) is 0 Å². The van der Waals surface area contributed by atoms with Crippen molar-refractivity contribution >= 4 is 23.5 Å². The van der Waals surface area contributed by atoms with E-state index in [0.29, 0.717) is 12.5 Å². The van der Waals surface area contributed by atoms with Crippen LogP contribution in [0, 0.1) is 0 Å². The fraction of sp³-hybridized carbons (Fsp3) is 0.579. The lowest BCUT2D eigenvalue weighted by Crippen LogP contribution is -2.44. The van der Waals surface area contributed by atoms with Crippen LogP contribution < -0.4 is 16.0 Å². The normalized spacial score (nSPS) is 13.5. The summed E-state index contributed by atoms with van der Waals surface area (Å²) in [5.74, 6) is 0.522. The average Bonchev–Trinajstić information content (AvgIpc) is 2.52. The van der Waals surface area contributed by atoms with E-state index < -0.39 is 0 Å². The topological polar surface area (TPSA) is 68.8 Å². The Bertz CT molecular complexity index is 593. The zero-order valence-electron chi connectivity index (χ0n) is 16.7. The zero-order chi connectivity index (χ0) is 19.7. The molecule has 0 bridgehead atoms. The van der Waals surface area contributed by atoms with Gasteiger partial charge < -0.3 is 20.9 Å². The van der Waals surface area contributed by atoms with Crippen molar-refractivity contribution in [1.82, 2.24) is 20.9 Å². The minimum absolute atomic E-state index is 0.0835. The highest BCUT2D eigenvalue weighted by Gasteiger charge is 2.16. The molecule has 1 rings (SSSR count). The van der Waals surface area contributed by atoms with Crippen molar-refractivity contribution in [3.8, 4) is 0 Å². The molecule has 1 amide bonds. The average molecular weight is 382 g/mol. The largest absolute Gasteiger partial charge is 0.357 e. The Morgan fingerprint density at radius 1 is 1.19 bits per heavy atom. The van der Waals surface area contributed by atoms with E-state index in [1.165, 1.54) is 0 Å². The van der Waals surface area contributed by atoms with Crippen LogP contribution in [0.3, 0.4) is 0 Å². The molecule has 0 aliphatic heterocycles. The molecule has 0 spiro atoms. The van der Waals surface area contributed by atoms with Gasteiger partial charge in [-0.25, -0.2) is 4.99 Å². The third kappa shape index (κ3) is 8.54. The van der Waals surface area contributed by atoms with Gasteiger partial charge in [0.2, 0.25) is 5.91 Å². The number of nitrogens with one attached hydrogen (secondary N) is 3. The van der Waals surface area contributed by atoms with Crippen LogP contribution in [0.4, 0.5) is 0 Å². The van der Waals surface area contributed by atoms with Gasteiger partial charge in [0.1, 0.15) is 6.54 Å². The Labute approximate surface area is 162 Å². The summed E-state index contributed by atoms with van der Waals surface area (Å²) in [6.45, 7) is 9.31. The highest BCUT2D eigenvalue weighted by atomic mass is 35.5. The van der Waals surface area contributed by atoms with Crippen LogP contribution in [0.5, 0.6) is 0 Å². The Hall–Kier alpha value is -1.79. The summed E-state index contributed by atoms with van der Waals surface area (Å²) in [4.78, 5) is 18.5. The number of hydrogen-bond acceptors (Lipinski definition) is 3. The molecule has 0 aromatic heterocycles. The number of hydrogen-bond donors (Lipinski definition) is 3. The van der Waals surface area contributed by atoms with Gasteiger partial charge in [-0.1, -0.05) is 23.7 Å². The fourth-order valence-electron chi connectivity index (χ4n) is 2.43. The molecule has 0 fully saturated rings. The molecular formula is C19H32ClN5O. The van der Waals surface area contributed by atoms with Crippen molar-refractivity contribution in [2.24, 2.45) is 4.99 Å². The number of amides is 1. The SMILES string of the molecule is CCNC(=NCC(=O)NC(C)(C)C)NCC(c1ccc(Cl)cc1)N(C)C. The van der Waals surface area contributed by atoms with Gasteiger partial charge in [-0.3, -0.25) is 4.79 Å². The van der Waals surface area contributed by atoms with Crippen LogP contribution >= 0.6 is 11.6 Å². The first-order chi connectivity index (χ1) is 12.1. The molecule has 146 valence electrons. The van der Waals surface area contributed by atoms with Crippen molar-refractivity contribution in [2.75, 3.05) is 33.7 Å². The number of carbonyl (C=O) groups excluding carboxylic acids is 1. The maximum absolute atomic E-state index is 12.0. The van der Waals surface area contributed by atoms with E-state index in [2.05, 4.69) is 25.8 Å². The van der Waals surface area contributed by atoms with Gasteiger partial charge in [0.05, 0.1) is 6.04 Å². The highest BCUT2D eigenvalue weighted by molar-refractivity contribution is 6.30. The number of aliphatic imine (C=N–C) groups is 1. The van der Waals surface area contributed by atoms with E-state index in [1.807, 2.05) is 66.1 Å². The quantitative estimate of drug-likeness (QED) is 0.501. The number of rotatable bonds is 7. The lowest BCUT2D eigenvalue weighted by molar-refractivity contribution is -0.121. The minimum Gasteiger partial charge on any atom is -0.357 e. The molecule has 0 aliphatic carbocycles. The molecule has 0 aliphatic rings. The highest BCUT2D eigenvalue weighted by Crippen LogP contribution is 2.19. The minimum atomic E-state index is -0.261. The molecule has 0 saturated carbocycles. The molecule has 1 atom stereocenters. The van der Waals surface area contributed by atoms with Crippen LogP contribution in [0.2, 0.25) is 5.02 Å². The summed E-state index contributed by atoms with van der Waals surface area (Å²) in [7, 11) is 4.06. The molecule has 7 heteroatoms. The maximum atomic E-state index is 12.0. The Balaban J connectivity index is 2.73. The van der Waals surface area contributed by atoms with Crippen LogP contribution in [0.25, 0.3) is 0 Å². The van der Waals surface area contributed by atoms with Crippen LogP contribution in [-0.2, 0) is 4.79 Å². The molecule has 3 N–H and O–H groups in total. The van der Waals surface area contributed by atoms with Gasteiger partial charge in [-0.2, -0.15) is 0 Å². The number of guanidine groups is 1. The van der Waals surface area contributed by atoms with Crippen molar-refractivity contribution in [2.45, 2.75) is 39.3 Å². The summed E-state index contributed by atoms with van der Waals surface area (Å²) < 4.78 is 0. The van der Waals surface area contributed by atoms with Gasteiger partial charge in [-0.05, 0) is 59.5 Å². The Morgan fingerprint density at radius 3 is 2.31 bits per heavy atom. The second kappa shape index (κ2) is 10.4. The lowest BCUT2D eigenvalue weighted by atomic mass is 10.1. The second-order valence-corrected chi connectivity index (χ2v) is 7.84. The summed E-state index contributed by atoms with van der Waals surface area (Å²) in [5.41, 5.74) is 0.899. The van der Waals surface area contributed by atoms with E-state index in [1.54, 1.807) is 0 Å². The zero-order valence-corrected chi connectivity index (χ0v) is 17.4. The van der Waals surface area contributed by atoms with Crippen LogP contribution in [-0.4, -0.2) is 56.0 Å². The predicted molar refractivity (Wildman–Crippen MR) is 110 cm³/mol. The molecule has 0 heterocycles. The fourth-order valence-corrected chi connectivity index (χ4v) is 2.55. The molecule has 1 aromatic rings. The predicted octanol–water partition coefficient (Wildman–Crippen LogP) is 2.41. The van der Waals surface area contributed by atoms with E-state index in [-0.39, 0.29) is 24.0 Å². The summed E-state index contributed by atoms with van der Waals surface area (Å²) in [6.07, 6.45) is 0. The molecule has 6 nitrogen and oxygen atoms in total. The van der Waals surface area contributed by atoms with Crippen LogP contribution in [0.1, 0.15) is 39.3 Å². The summed E-state index contributed by atoms with van der Waals surface area (Å²) in [6, 6.07) is 7.98. The Morgan fingerprint density at radius 2 is 1.81 bits per heavy atom. The third-order valence-corrected chi connectivity index (χ3v) is 3.83. The first-order valence-corrected chi connectivity index (χ1v) is 9.25. The molecular weight excluding hydrogens is 350 g/mol. The molecule has 26 heavy (non-hydrogen) atoms. The van der Waals surface area contributed by atoms with Crippen molar-refractivity contribution in [3.05, 3.63) is 34.9 Å². The van der Waals surface area contributed by atoms with E-state index in [4.69, 9.17) is 11.6 Å². The van der Waals surface area contributed by atoms with Crippen molar-refractivity contribution < 1.29 is 4.79 Å². The number of nitrogens with zero attached hydrogens (tertiary/aromatic N) is 2. The monoisotopic (exact) mass is 381 g/mol. The summed E-state index contributed by atoms with van der Waals surface area (Å²) in [5, 5.41) is 10.1. The van der Waals surface area contributed by atoms with Gasteiger partial charge in [0, 0.05) is 23.7 Å². The summed E-state index contributed by atoms with van der Waals surface area (Å²) >= 11 is 5.99. The smallest absolute Gasteiger partial charge is 0.242 e. The van der Waals surface area contributed by atoms with Crippen molar-refractivity contribution in [1.29, 1.82) is 0 Å². The Kier molecular flexibility index (Phi) is 8.88. The lowest BCUT2D eigenvalue weighted by Gasteiger charge is -2.26. The van der Waals surface area contributed by atoms with Gasteiger partial charge in [0.15, 0.2) is 5.96 Å².